The lowest BCUT2D eigenvalue weighted by atomic mass is 10.1. The van der Waals surface area contributed by atoms with Gasteiger partial charge in [-0.3, -0.25) is 0 Å². The van der Waals surface area contributed by atoms with Gasteiger partial charge in [-0.2, -0.15) is 5.26 Å². The minimum atomic E-state index is 0.0701. The van der Waals surface area contributed by atoms with E-state index in [9.17, 15) is 0 Å². The Kier molecular flexibility index (Phi) is 5.54. The van der Waals surface area contributed by atoms with Gasteiger partial charge in [0.2, 0.25) is 0 Å². The van der Waals surface area contributed by atoms with Gasteiger partial charge in [0.15, 0.2) is 6.61 Å². The molecule has 5 heteroatoms. The van der Waals surface area contributed by atoms with Gasteiger partial charge in [0.25, 0.3) is 0 Å². The van der Waals surface area contributed by atoms with Crippen LogP contribution in [-0.2, 0) is 6.54 Å². The minimum absolute atomic E-state index is 0.0701. The summed E-state index contributed by atoms with van der Waals surface area (Å²) in [5.41, 5.74) is 1.05. The molecule has 0 aliphatic rings. The molecule has 4 nitrogen and oxygen atoms in total. The molecule has 1 N–H and O–H groups in total. The van der Waals surface area contributed by atoms with Crippen molar-refractivity contribution in [3.8, 4) is 11.8 Å². The lowest BCUT2D eigenvalue weighted by Crippen LogP contribution is -2.20. The number of ether oxygens (including phenoxy) is 1. The number of para-hydroxylation sites is 1. The van der Waals surface area contributed by atoms with Gasteiger partial charge in [0.1, 0.15) is 16.8 Å². The quantitative estimate of drug-likeness (QED) is 0.849. The Hall–Kier alpha value is -1.90. The van der Waals surface area contributed by atoms with Crippen molar-refractivity contribution < 1.29 is 4.74 Å². The predicted octanol–water partition coefficient (Wildman–Crippen LogP) is 3.29. The van der Waals surface area contributed by atoms with Crippen molar-refractivity contribution in [3.63, 3.8) is 0 Å². The maximum Gasteiger partial charge on any atom is 0.174 e. The molecule has 0 fully saturated rings. The number of thiazole rings is 1. The number of hydrogen-bond acceptors (Lipinski definition) is 5. The van der Waals surface area contributed by atoms with E-state index >= 15 is 0 Å². The summed E-state index contributed by atoms with van der Waals surface area (Å²) >= 11 is 1.66. The van der Waals surface area contributed by atoms with E-state index in [0.717, 1.165) is 22.7 Å². The first-order valence-electron chi connectivity index (χ1n) is 6.55. The van der Waals surface area contributed by atoms with Gasteiger partial charge in [-0.05, 0) is 12.5 Å². The minimum Gasteiger partial charge on any atom is -0.478 e. The zero-order valence-electron chi connectivity index (χ0n) is 11.4. The number of benzene rings is 1. The Morgan fingerprint density at radius 1 is 1.45 bits per heavy atom. The Labute approximate surface area is 123 Å². The van der Waals surface area contributed by atoms with Crippen molar-refractivity contribution in [2.75, 3.05) is 6.61 Å². The summed E-state index contributed by atoms with van der Waals surface area (Å²) in [7, 11) is 0. The molecule has 0 saturated carbocycles. The summed E-state index contributed by atoms with van der Waals surface area (Å²) in [6.45, 7) is 2.90. The van der Waals surface area contributed by atoms with E-state index in [1.54, 1.807) is 11.3 Å². The maximum absolute atomic E-state index is 8.60. The average molecular weight is 287 g/mol. The van der Waals surface area contributed by atoms with Crippen LogP contribution >= 0.6 is 11.3 Å². The van der Waals surface area contributed by atoms with Gasteiger partial charge in [-0.25, -0.2) is 4.98 Å². The summed E-state index contributed by atoms with van der Waals surface area (Å²) in [6.07, 6.45) is 2.81. The highest BCUT2D eigenvalue weighted by Crippen LogP contribution is 2.22. The molecule has 2 rings (SSSR count). The maximum atomic E-state index is 8.60. The van der Waals surface area contributed by atoms with Gasteiger partial charge in [-0.15, -0.1) is 11.3 Å². The zero-order valence-corrected chi connectivity index (χ0v) is 12.2. The SMILES string of the molecule is CCC(NCc1ccccc1OCC#N)c1nccs1. The highest BCUT2D eigenvalue weighted by molar-refractivity contribution is 7.09. The Morgan fingerprint density at radius 2 is 2.30 bits per heavy atom. The molecule has 0 spiro atoms. The zero-order chi connectivity index (χ0) is 14.2. The molecule has 0 bridgehead atoms. The number of nitrogens with one attached hydrogen (secondary N) is 1. The first-order chi connectivity index (χ1) is 9.85. The number of aromatic nitrogens is 1. The van der Waals surface area contributed by atoms with E-state index < -0.39 is 0 Å². The monoisotopic (exact) mass is 287 g/mol. The largest absolute Gasteiger partial charge is 0.478 e. The van der Waals surface area contributed by atoms with Crippen LogP contribution in [0.3, 0.4) is 0 Å². The smallest absolute Gasteiger partial charge is 0.174 e. The van der Waals surface area contributed by atoms with Crippen LogP contribution in [0.2, 0.25) is 0 Å². The predicted molar refractivity (Wildman–Crippen MR) is 79.5 cm³/mol. The molecule has 0 radical (unpaired) electrons. The molecule has 2 aromatic rings. The van der Waals surface area contributed by atoms with E-state index in [1.165, 1.54) is 0 Å². The molecule has 1 atom stereocenters. The Morgan fingerprint density at radius 3 is 3.00 bits per heavy atom. The Balaban J connectivity index is 2.01. The summed E-state index contributed by atoms with van der Waals surface area (Å²) in [5.74, 6) is 0.760. The molecule has 1 aromatic carbocycles. The van der Waals surface area contributed by atoms with Gasteiger partial charge in [0, 0.05) is 23.7 Å². The fraction of sp³-hybridized carbons (Fsp3) is 0.333. The lowest BCUT2D eigenvalue weighted by Gasteiger charge is -2.16. The Bertz CT molecular complexity index is 563. The third kappa shape index (κ3) is 3.80. The summed E-state index contributed by atoms with van der Waals surface area (Å²) in [4.78, 5) is 4.35. The van der Waals surface area contributed by atoms with Crippen LogP contribution < -0.4 is 10.1 Å². The molecule has 1 heterocycles. The second kappa shape index (κ2) is 7.63. The van der Waals surface area contributed by atoms with Crippen LogP contribution in [0.25, 0.3) is 0 Å². The van der Waals surface area contributed by atoms with E-state index in [4.69, 9.17) is 10.00 Å². The molecule has 104 valence electrons. The molecule has 1 unspecified atom stereocenters. The van der Waals surface area contributed by atoms with E-state index in [0.29, 0.717) is 6.54 Å². The molecular formula is C15H17N3OS. The van der Waals surface area contributed by atoms with Gasteiger partial charge >= 0.3 is 0 Å². The number of nitriles is 1. The van der Waals surface area contributed by atoms with Crippen LogP contribution in [0.15, 0.2) is 35.8 Å². The van der Waals surface area contributed by atoms with Crippen LogP contribution in [0.5, 0.6) is 5.75 Å². The van der Waals surface area contributed by atoms with Crippen molar-refractivity contribution in [1.29, 1.82) is 5.26 Å². The van der Waals surface area contributed by atoms with Gasteiger partial charge in [-0.1, -0.05) is 25.1 Å². The van der Waals surface area contributed by atoms with Crippen molar-refractivity contribution in [2.45, 2.75) is 25.9 Å². The van der Waals surface area contributed by atoms with Crippen LogP contribution in [0.4, 0.5) is 0 Å². The fourth-order valence-corrected chi connectivity index (χ4v) is 2.74. The molecule has 0 amide bonds. The molecule has 0 aliphatic heterocycles. The standard InChI is InChI=1S/C15H17N3OS/c1-2-13(15-17-8-10-20-15)18-11-12-5-3-4-6-14(12)19-9-7-16/h3-6,8,10,13,18H,2,9,11H2,1H3. The van der Waals surface area contributed by atoms with Crippen molar-refractivity contribution in [3.05, 3.63) is 46.4 Å². The van der Waals surface area contributed by atoms with Crippen molar-refractivity contribution in [2.24, 2.45) is 0 Å². The fourth-order valence-electron chi connectivity index (χ4n) is 1.95. The third-order valence-electron chi connectivity index (χ3n) is 2.96. The van der Waals surface area contributed by atoms with E-state index in [-0.39, 0.29) is 12.6 Å². The van der Waals surface area contributed by atoms with Crippen molar-refractivity contribution in [1.82, 2.24) is 10.3 Å². The molecule has 20 heavy (non-hydrogen) atoms. The number of nitrogens with zero attached hydrogens (tertiary/aromatic N) is 2. The van der Waals surface area contributed by atoms with Crippen LogP contribution in [0.1, 0.15) is 30.0 Å². The highest BCUT2D eigenvalue weighted by atomic mass is 32.1. The molecule has 1 aromatic heterocycles. The molecule has 0 aliphatic carbocycles. The van der Waals surface area contributed by atoms with E-state index in [2.05, 4.69) is 17.2 Å². The normalized spacial score (nSPS) is 11.8. The molecular weight excluding hydrogens is 270 g/mol. The first-order valence-corrected chi connectivity index (χ1v) is 7.43. The lowest BCUT2D eigenvalue weighted by molar-refractivity contribution is 0.361. The average Bonchev–Trinajstić information content (AvgIpc) is 3.01. The summed E-state index contributed by atoms with van der Waals surface area (Å²) < 4.78 is 5.43. The number of rotatable bonds is 7. The van der Waals surface area contributed by atoms with Crippen molar-refractivity contribution >= 4 is 11.3 Å². The molecule has 0 saturated heterocycles. The third-order valence-corrected chi connectivity index (χ3v) is 3.85. The second-order valence-corrected chi connectivity index (χ2v) is 5.19. The topological polar surface area (TPSA) is 57.9 Å². The van der Waals surface area contributed by atoms with Gasteiger partial charge in [0.05, 0.1) is 6.04 Å². The summed E-state index contributed by atoms with van der Waals surface area (Å²) in [6, 6.07) is 10.0. The van der Waals surface area contributed by atoms with E-state index in [1.807, 2.05) is 41.9 Å². The second-order valence-electron chi connectivity index (χ2n) is 4.27. The van der Waals surface area contributed by atoms with Crippen LogP contribution in [0, 0.1) is 11.3 Å². The summed E-state index contributed by atoms with van der Waals surface area (Å²) in [5, 5.41) is 15.2. The highest BCUT2D eigenvalue weighted by Gasteiger charge is 2.12. The van der Waals surface area contributed by atoms with Gasteiger partial charge < -0.3 is 10.1 Å². The first kappa shape index (κ1) is 14.5. The van der Waals surface area contributed by atoms with Crippen LogP contribution in [-0.4, -0.2) is 11.6 Å². The number of hydrogen-bond donors (Lipinski definition) is 1.